The number of methoxy groups -OCH3 is 1. The van der Waals surface area contributed by atoms with E-state index in [0.29, 0.717) is 45.6 Å². The molecule has 0 bridgehead atoms. The van der Waals surface area contributed by atoms with Crippen LogP contribution < -0.4 is 5.32 Å². The lowest BCUT2D eigenvalue weighted by Crippen LogP contribution is -2.60. The van der Waals surface area contributed by atoms with Crippen LogP contribution in [-0.2, 0) is 42.8 Å². The van der Waals surface area contributed by atoms with E-state index in [2.05, 4.69) is 17.1 Å². The lowest BCUT2D eigenvalue weighted by molar-refractivity contribution is -0.299. The monoisotopic (exact) mass is 697 g/mol. The predicted octanol–water partition coefficient (Wildman–Crippen LogP) is 2.02. The van der Waals surface area contributed by atoms with Gasteiger partial charge in [-0.3, -0.25) is 19.3 Å². The van der Waals surface area contributed by atoms with Gasteiger partial charge in [0.05, 0.1) is 37.4 Å². The van der Waals surface area contributed by atoms with Gasteiger partial charge in [-0.2, -0.15) is 0 Å². The Kier molecular flexibility index (Phi) is 13.7. The van der Waals surface area contributed by atoms with Gasteiger partial charge in [-0.25, -0.2) is 0 Å². The molecule has 0 spiro atoms. The number of morpholine rings is 1. The minimum absolute atomic E-state index is 0.0493. The molecule has 4 heterocycles. The summed E-state index contributed by atoms with van der Waals surface area (Å²) in [7, 11) is 5.46. The smallest absolute Gasteiger partial charge is 0.316 e. The van der Waals surface area contributed by atoms with Crippen LogP contribution in [0.1, 0.15) is 74.1 Å². The van der Waals surface area contributed by atoms with E-state index in [1.807, 2.05) is 46.7 Å². The van der Waals surface area contributed by atoms with Gasteiger partial charge >= 0.3 is 11.9 Å². The Hall–Kier alpha value is -1.71. The van der Waals surface area contributed by atoms with Gasteiger partial charge in [0.1, 0.15) is 18.1 Å². The fourth-order valence-electron chi connectivity index (χ4n) is 8.51. The first-order valence-corrected chi connectivity index (χ1v) is 18.2. The number of aliphatic hydroxyl groups is 1. The van der Waals surface area contributed by atoms with E-state index in [9.17, 15) is 19.5 Å². The Labute approximate surface area is 293 Å². The molecule has 0 aromatic heterocycles. The molecule has 4 aliphatic heterocycles. The van der Waals surface area contributed by atoms with Gasteiger partial charge in [-0.1, -0.05) is 20.8 Å². The largest absolute Gasteiger partial charge is 0.458 e. The number of hydrogen-bond acceptors (Lipinski definition) is 13. The van der Waals surface area contributed by atoms with Crippen molar-refractivity contribution < 1.29 is 47.9 Å². The van der Waals surface area contributed by atoms with E-state index < -0.39 is 53.6 Å². The van der Waals surface area contributed by atoms with Crippen molar-refractivity contribution in [1.82, 2.24) is 15.1 Å². The number of hydrogen-bond donors (Lipinski definition) is 2. The van der Waals surface area contributed by atoms with Crippen LogP contribution in [0, 0.1) is 23.7 Å². The van der Waals surface area contributed by atoms with Gasteiger partial charge in [-0.05, 0) is 73.5 Å². The topological polar surface area (TPSA) is 145 Å². The molecule has 13 atom stereocenters. The van der Waals surface area contributed by atoms with Gasteiger partial charge in [0, 0.05) is 50.7 Å². The maximum Gasteiger partial charge on any atom is 0.316 e. The highest BCUT2D eigenvalue weighted by atomic mass is 16.7. The van der Waals surface area contributed by atoms with Crippen LogP contribution in [-0.4, -0.2) is 147 Å². The molecule has 0 aromatic carbocycles. The van der Waals surface area contributed by atoms with Crippen LogP contribution in [0.5, 0.6) is 0 Å². The highest BCUT2D eigenvalue weighted by molar-refractivity contribution is 6.00. The maximum absolute atomic E-state index is 14.3. The van der Waals surface area contributed by atoms with Crippen LogP contribution in [0.3, 0.4) is 0 Å². The highest BCUT2D eigenvalue weighted by Crippen LogP contribution is 2.42. The molecule has 4 rings (SSSR count). The first-order chi connectivity index (χ1) is 23.0. The van der Waals surface area contributed by atoms with Gasteiger partial charge in [0.25, 0.3) is 0 Å². The average Bonchev–Trinajstić information content (AvgIpc) is 3.38. The number of rotatable bonds is 7. The number of nitrogens with one attached hydrogen (secondary N) is 1. The summed E-state index contributed by atoms with van der Waals surface area (Å²) in [5.74, 6) is -3.54. The first-order valence-electron chi connectivity index (χ1n) is 18.2. The summed E-state index contributed by atoms with van der Waals surface area (Å²) in [6.07, 6.45) is -2.15. The van der Waals surface area contributed by atoms with E-state index in [-0.39, 0.29) is 48.2 Å². The number of cyclic esters (lactones) is 1. The number of carbonyl (C=O) groups excluding carboxylic acids is 3. The number of Topliss-reactive ketones (excluding diaryl/α,β-unsaturated/α-hetero) is 1. The van der Waals surface area contributed by atoms with Crippen LogP contribution in [0.15, 0.2) is 0 Å². The van der Waals surface area contributed by atoms with Gasteiger partial charge < -0.3 is 43.7 Å². The SMILES string of the molecule is CC[C@H]1OC(=O)C(C)C(=O)[C@H](C)[C@@H](OC2OC(CN3CCOCC3)CC(N(C)C)C2O)[C@](C)(OC)C[C@@H](C)CN[C@H](C)[C@H]2CC(=O)O[C@@]21C. The standard InChI is InChI=1S/C36H63N3O10/c1-11-28-36(7)26(17-29(40)49-36)24(5)37-19-21(2)18-35(6,44-10)32(22(3)30(41)23(4)33(43)47-28)48-34-31(42)27(38(8)9)16-25(46-34)20-39-12-14-45-15-13-39/h21-28,31-32,34,37,42H,11-20H2,1-10H3/t21-,22+,23?,24-,25?,26-,27?,28-,31?,32-,34?,35-,36+/m1/s1. The minimum Gasteiger partial charge on any atom is -0.458 e. The van der Waals surface area contributed by atoms with Crippen LogP contribution in [0.4, 0.5) is 0 Å². The van der Waals surface area contributed by atoms with E-state index in [0.717, 1.165) is 13.1 Å². The molecule has 4 saturated heterocycles. The fourth-order valence-corrected chi connectivity index (χ4v) is 8.51. The minimum atomic E-state index is -1.13. The maximum atomic E-state index is 14.3. The summed E-state index contributed by atoms with van der Waals surface area (Å²) in [5.41, 5.74) is -2.06. The van der Waals surface area contributed by atoms with Crippen molar-refractivity contribution >= 4 is 17.7 Å². The lowest BCUT2D eigenvalue weighted by Gasteiger charge is -2.47. The summed E-state index contributed by atoms with van der Waals surface area (Å²) >= 11 is 0. The molecule has 0 aliphatic carbocycles. The third kappa shape index (κ3) is 9.03. The Morgan fingerprint density at radius 1 is 1.08 bits per heavy atom. The third-order valence-corrected chi connectivity index (χ3v) is 11.6. The molecule has 5 unspecified atom stereocenters. The molecule has 13 heteroatoms. The molecule has 0 amide bonds. The van der Waals surface area contributed by atoms with E-state index in [1.54, 1.807) is 21.0 Å². The number of ketones is 1. The Bertz CT molecular complexity index is 1140. The normalized spacial score (nSPS) is 43.8. The molecule has 0 aromatic rings. The molecule has 0 saturated carbocycles. The summed E-state index contributed by atoms with van der Waals surface area (Å²) in [6, 6.07) is -0.376. The van der Waals surface area contributed by atoms with E-state index in [4.69, 9.17) is 28.4 Å². The van der Waals surface area contributed by atoms with Gasteiger partial charge in [0.15, 0.2) is 17.7 Å². The lowest BCUT2D eigenvalue weighted by atomic mass is 9.78. The van der Waals surface area contributed by atoms with Crippen molar-refractivity contribution in [2.75, 3.05) is 60.6 Å². The summed E-state index contributed by atoms with van der Waals surface area (Å²) in [4.78, 5) is 44.9. The van der Waals surface area contributed by atoms with Crippen LogP contribution in [0.25, 0.3) is 0 Å². The predicted molar refractivity (Wildman–Crippen MR) is 182 cm³/mol. The molecule has 0 radical (unpaired) electrons. The molecule has 2 N–H and O–H groups in total. The Balaban J connectivity index is 1.67. The van der Waals surface area contributed by atoms with E-state index in [1.165, 1.54) is 0 Å². The molecule has 13 nitrogen and oxygen atoms in total. The Morgan fingerprint density at radius 2 is 1.76 bits per heavy atom. The number of aliphatic hydroxyl groups excluding tert-OH is 1. The third-order valence-electron chi connectivity index (χ3n) is 11.6. The number of esters is 2. The highest BCUT2D eigenvalue weighted by Gasteiger charge is 2.55. The average molecular weight is 698 g/mol. The zero-order valence-corrected chi connectivity index (χ0v) is 31.4. The number of likely N-dealkylation sites (N-methyl/N-ethyl adjacent to an activating group) is 1. The second kappa shape index (κ2) is 16.8. The molecule has 49 heavy (non-hydrogen) atoms. The summed E-state index contributed by atoms with van der Waals surface area (Å²) in [5, 5.41) is 15.3. The molecular weight excluding hydrogens is 634 g/mol. The fraction of sp³-hybridized carbons (Fsp3) is 0.917. The van der Waals surface area contributed by atoms with Crippen molar-refractivity contribution in [2.24, 2.45) is 23.7 Å². The molecule has 4 fully saturated rings. The van der Waals surface area contributed by atoms with Crippen LogP contribution >= 0.6 is 0 Å². The number of carbonyl (C=O) groups is 3. The van der Waals surface area contributed by atoms with E-state index >= 15 is 0 Å². The molecule has 282 valence electrons. The van der Waals surface area contributed by atoms with Crippen molar-refractivity contribution in [1.29, 1.82) is 0 Å². The van der Waals surface area contributed by atoms with Crippen LogP contribution in [0.2, 0.25) is 0 Å². The Morgan fingerprint density at radius 3 is 2.37 bits per heavy atom. The summed E-state index contributed by atoms with van der Waals surface area (Å²) in [6.45, 7) is 17.2. The number of nitrogens with zero attached hydrogens (tertiary/aromatic N) is 2. The van der Waals surface area contributed by atoms with Crippen molar-refractivity contribution in [3.8, 4) is 0 Å². The van der Waals surface area contributed by atoms with Crippen molar-refractivity contribution in [2.45, 2.75) is 128 Å². The summed E-state index contributed by atoms with van der Waals surface area (Å²) < 4.78 is 37.0. The number of fused-ring (bicyclic) bond motifs is 1. The van der Waals surface area contributed by atoms with Crippen molar-refractivity contribution in [3.63, 3.8) is 0 Å². The zero-order chi connectivity index (χ0) is 36.3. The molecule has 4 aliphatic rings. The van der Waals surface area contributed by atoms with Gasteiger partial charge in [0.2, 0.25) is 0 Å². The van der Waals surface area contributed by atoms with Gasteiger partial charge in [-0.15, -0.1) is 0 Å². The number of ether oxygens (including phenoxy) is 6. The second-order valence-corrected chi connectivity index (χ2v) is 15.6. The first kappa shape index (κ1) is 40.1. The second-order valence-electron chi connectivity index (χ2n) is 15.6. The quantitative estimate of drug-likeness (QED) is 0.296. The van der Waals surface area contributed by atoms with Crippen molar-refractivity contribution in [3.05, 3.63) is 0 Å². The molecular formula is C36H63N3O10. The zero-order valence-electron chi connectivity index (χ0n) is 31.4.